The average molecular weight is 343 g/mol. The highest BCUT2D eigenvalue weighted by Gasteiger charge is 2.11. The Hall–Kier alpha value is -1.21. The number of nitrogens with zero attached hydrogens (tertiary/aromatic N) is 1. The summed E-state index contributed by atoms with van der Waals surface area (Å²) in [4.78, 5) is 0. The summed E-state index contributed by atoms with van der Waals surface area (Å²) in [5.41, 5.74) is 0.411. The van der Waals surface area contributed by atoms with Crippen molar-refractivity contribution in [2.24, 2.45) is 0 Å². The van der Waals surface area contributed by atoms with E-state index in [1.807, 2.05) is 0 Å². The smallest absolute Gasteiger partial charge is 0.147 e. The fourth-order valence-corrected chi connectivity index (χ4v) is 2.15. The maximum Gasteiger partial charge on any atom is 0.147 e. The molecule has 0 unspecified atom stereocenters. The fourth-order valence-electron chi connectivity index (χ4n) is 1.38. The van der Waals surface area contributed by atoms with Crippen LogP contribution in [0.15, 0.2) is 40.9 Å². The molecule has 0 bridgehead atoms. The first kappa shape index (κ1) is 13.2. The van der Waals surface area contributed by atoms with Crippen molar-refractivity contribution >= 4 is 39.1 Å². The molecule has 2 aromatic carbocycles. The molecule has 5 heteroatoms. The molecular formula is C13H6BrCl2NO. The third-order valence-electron chi connectivity index (χ3n) is 2.22. The van der Waals surface area contributed by atoms with Gasteiger partial charge in [0.25, 0.3) is 0 Å². The monoisotopic (exact) mass is 341 g/mol. The Kier molecular flexibility index (Phi) is 4.13. The lowest BCUT2D eigenvalue weighted by atomic mass is 10.2. The molecule has 90 valence electrons. The molecular weight excluding hydrogens is 337 g/mol. The van der Waals surface area contributed by atoms with Gasteiger partial charge in [0.15, 0.2) is 0 Å². The van der Waals surface area contributed by atoms with Crippen molar-refractivity contribution in [3.63, 3.8) is 0 Å². The van der Waals surface area contributed by atoms with Crippen LogP contribution in [-0.2, 0) is 0 Å². The molecule has 0 heterocycles. The van der Waals surface area contributed by atoms with Gasteiger partial charge in [-0.3, -0.25) is 0 Å². The zero-order chi connectivity index (χ0) is 13.1. The number of halogens is 3. The Bertz CT molecular complexity index is 637. The third kappa shape index (κ3) is 2.62. The molecule has 0 fully saturated rings. The number of ether oxygens (including phenoxy) is 1. The van der Waals surface area contributed by atoms with E-state index in [4.69, 9.17) is 33.2 Å². The van der Waals surface area contributed by atoms with Crippen LogP contribution in [0.1, 0.15) is 5.56 Å². The fraction of sp³-hybridized carbons (Fsp3) is 0. The normalized spacial score (nSPS) is 9.89. The second kappa shape index (κ2) is 5.62. The van der Waals surface area contributed by atoms with Gasteiger partial charge >= 0.3 is 0 Å². The van der Waals surface area contributed by atoms with E-state index in [1.54, 1.807) is 36.4 Å². The second-order valence-electron chi connectivity index (χ2n) is 3.38. The van der Waals surface area contributed by atoms with Crippen LogP contribution in [-0.4, -0.2) is 0 Å². The van der Waals surface area contributed by atoms with Gasteiger partial charge in [-0.25, -0.2) is 0 Å². The molecule has 2 rings (SSSR count). The highest BCUT2D eigenvalue weighted by atomic mass is 79.9. The molecule has 0 saturated heterocycles. The van der Waals surface area contributed by atoms with E-state index in [0.29, 0.717) is 31.6 Å². The lowest BCUT2D eigenvalue weighted by Crippen LogP contribution is -1.90. The van der Waals surface area contributed by atoms with Crippen molar-refractivity contribution in [2.45, 2.75) is 0 Å². The van der Waals surface area contributed by atoms with E-state index in [9.17, 15) is 0 Å². The largest absolute Gasteiger partial charge is 0.454 e. The first-order valence-electron chi connectivity index (χ1n) is 4.94. The van der Waals surface area contributed by atoms with Crippen molar-refractivity contribution in [3.8, 4) is 17.6 Å². The van der Waals surface area contributed by atoms with E-state index in [2.05, 4.69) is 22.0 Å². The van der Waals surface area contributed by atoms with Gasteiger partial charge < -0.3 is 4.74 Å². The van der Waals surface area contributed by atoms with Gasteiger partial charge in [0, 0.05) is 4.47 Å². The number of hydrogen-bond acceptors (Lipinski definition) is 2. The summed E-state index contributed by atoms with van der Waals surface area (Å²) in [6.07, 6.45) is 0. The summed E-state index contributed by atoms with van der Waals surface area (Å²) >= 11 is 15.2. The topological polar surface area (TPSA) is 33.0 Å². The number of nitriles is 1. The average Bonchev–Trinajstić information content (AvgIpc) is 2.35. The molecule has 0 aromatic heterocycles. The predicted molar refractivity (Wildman–Crippen MR) is 75.4 cm³/mol. The van der Waals surface area contributed by atoms with E-state index in [-0.39, 0.29) is 0 Å². The quantitative estimate of drug-likeness (QED) is 0.730. The molecule has 0 aliphatic rings. The summed E-state index contributed by atoms with van der Waals surface area (Å²) in [5, 5.41) is 9.81. The maximum atomic E-state index is 9.08. The van der Waals surface area contributed by atoms with E-state index in [1.165, 1.54) is 0 Å². The van der Waals surface area contributed by atoms with Gasteiger partial charge in [-0.05, 0) is 40.2 Å². The van der Waals surface area contributed by atoms with Gasteiger partial charge in [0.1, 0.15) is 28.2 Å². The van der Waals surface area contributed by atoms with E-state index < -0.39 is 0 Å². The van der Waals surface area contributed by atoms with Crippen molar-refractivity contribution < 1.29 is 4.74 Å². The Morgan fingerprint density at radius 1 is 1.06 bits per heavy atom. The molecule has 0 aliphatic heterocycles. The summed E-state index contributed by atoms with van der Waals surface area (Å²) in [6.45, 7) is 0. The van der Waals surface area contributed by atoms with Crippen molar-refractivity contribution in [1.82, 2.24) is 0 Å². The molecule has 0 amide bonds. The lowest BCUT2D eigenvalue weighted by molar-refractivity contribution is 0.481. The molecule has 2 aromatic rings. The van der Waals surface area contributed by atoms with Crippen molar-refractivity contribution in [3.05, 3.63) is 56.5 Å². The Morgan fingerprint density at radius 3 is 2.44 bits per heavy atom. The summed E-state index contributed by atoms with van der Waals surface area (Å²) < 4.78 is 6.29. The van der Waals surface area contributed by atoms with Gasteiger partial charge in [-0.2, -0.15) is 5.26 Å². The maximum absolute atomic E-state index is 9.08. The third-order valence-corrected chi connectivity index (χ3v) is 3.69. The van der Waals surface area contributed by atoms with Gasteiger partial charge in [-0.15, -0.1) is 0 Å². The first-order valence-corrected chi connectivity index (χ1v) is 6.49. The second-order valence-corrected chi connectivity index (χ2v) is 5.02. The molecule has 2 nitrogen and oxygen atoms in total. The van der Waals surface area contributed by atoms with Gasteiger partial charge in [-0.1, -0.05) is 35.3 Å². The van der Waals surface area contributed by atoms with Crippen LogP contribution in [0.25, 0.3) is 0 Å². The molecule has 0 saturated carbocycles. The summed E-state index contributed by atoms with van der Waals surface area (Å²) in [5.74, 6) is 0.842. The predicted octanol–water partition coefficient (Wildman–Crippen LogP) is 5.42. The van der Waals surface area contributed by atoms with Crippen LogP contribution in [0.3, 0.4) is 0 Å². The highest BCUT2D eigenvalue weighted by molar-refractivity contribution is 9.10. The van der Waals surface area contributed by atoms with Gasteiger partial charge in [0.05, 0.1) is 5.02 Å². The zero-order valence-corrected chi connectivity index (χ0v) is 12.1. The number of hydrogen-bond donors (Lipinski definition) is 0. The van der Waals surface area contributed by atoms with Crippen LogP contribution < -0.4 is 4.74 Å². The Labute approximate surface area is 123 Å². The molecule has 18 heavy (non-hydrogen) atoms. The Balaban J connectivity index is 2.44. The molecule has 0 radical (unpaired) electrons. The summed E-state index contributed by atoms with van der Waals surface area (Å²) in [7, 11) is 0. The molecule has 0 atom stereocenters. The first-order chi connectivity index (χ1) is 8.63. The minimum Gasteiger partial charge on any atom is -0.454 e. The van der Waals surface area contributed by atoms with Crippen LogP contribution in [0.5, 0.6) is 11.5 Å². The van der Waals surface area contributed by atoms with E-state index in [0.717, 1.165) is 0 Å². The van der Waals surface area contributed by atoms with Crippen molar-refractivity contribution in [2.75, 3.05) is 0 Å². The lowest BCUT2D eigenvalue weighted by Gasteiger charge is -2.10. The van der Waals surface area contributed by atoms with Crippen molar-refractivity contribution in [1.29, 1.82) is 5.26 Å². The zero-order valence-electron chi connectivity index (χ0n) is 8.95. The number of benzene rings is 2. The van der Waals surface area contributed by atoms with E-state index >= 15 is 0 Å². The van der Waals surface area contributed by atoms with Crippen LogP contribution in [0, 0.1) is 11.3 Å². The Morgan fingerprint density at radius 2 is 1.72 bits per heavy atom. The van der Waals surface area contributed by atoms with Crippen LogP contribution in [0.2, 0.25) is 10.0 Å². The van der Waals surface area contributed by atoms with Crippen LogP contribution >= 0.6 is 39.1 Å². The standard InChI is InChI=1S/C13H6BrCl2NO/c14-9-3-1-5-11(8(9)7-17)18-12-6-2-4-10(15)13(12)16/h1-6H. The molecule has 0 spiro atoms. The highest BCUT2D eigenvalue weighted by Crippen LogP contribution is 2.36. The summed E-state index contributed by atoms with van der Waals surface area (Å²) in [6, 6.07) is 12.4. The van der Waals surface area contributed by atoms with Gasteiger partial charge in [0.2, 0.25) is 0 Å². The molecule has 0 N–H and O–H groups in total. The molecule has 0 aliphatic carbocycles. The number of rotatable bonds is 2. The minimum absolute atomic E-state index is 0.322. The van der Waals surface area contributed by atoms with Crippen LogP contribution in [0.4, 0.5) is 0 Å². The SMILES string of the molecule is N#Cc1c(Br)cccc1Oc1cccc(Cl)c1Cl. The minimum atomic E-state index is 0.322.